The normalized spacial score (nSPS) is 10.8. The molecule has 91 valence electrons. The lowest BCUT2D eigenvalue weighted by atomic mass is 10.1. The molecule has 0 aromatic heterocycles. The molecule has 0 rings (SSSR count). The van der Waals surface area contributed by atoms with Crippen LogP contribution in [0, 0.1) is 6.92 Å². The third-order valence-corrected chi connectivity index (χ3v) is 3.84. The third kappa shape index (κ3) is 14.4. The average molecular weight is 229 g/mol. The van der Waals surface area contributed by atoms with Crippen LogP contribution in [0.5, 0.6) is 0 Å². The van der Waals surface area contributed by atoms with Crippen LogP contribution in [0.1, 0.15) is 71.1 Å². The van der Waals surface area contributed by atoms with Gasteiger partial charge in [0, 0.05) is 0 Å². The van der Waals surface area contributed by atoms with E-state index >= 15 is 0 Å². The largest absolute Gasteiger partial charge is 0.162 e. The summed E-state index contributed by atoms with van der Waals surface area (Å²) < 4.78 is 0. The Hall–Kier alpha value is 0.350. The minimum absolute atomic E-state index is 1.09. The van der Waals surface area contributed by atoms with Crippen molar-refractivity contribution in [1.29, 1.82) is 0 Å². The first kappa shape index (κ1) is 15.3. The second kappa shape index (κ2) is 14.3. The van der Waals surface area contributed by atoms with Crippen LogP contribution in [0.25, 0.3) is 0 Å². The van der Waals surface area contributed by atoms with Gasteiger partial charge in [-0.2, -0.15) is 11.8 Å². The van der Waals surface area contributed by atoms with E-state index in [0.29, 0.717) is 0 Å². The topological polar surface area (TPSA) is 0 Å². The van der Waals surface area contributed by atoms with Gasteiger partial charge in [0.1, 0.15) is 0 Å². The SMILES string of the molecule is [CH2]CCSCCCCCCCCCCC. The van der Waals surface area contributed by atoms with Crippen molar-refractivity contribution < 1.29 is 0 Å². The molecular weight excluding hydrogens is 200 g/mol. The summed E-state index contributed by atoms with van der Waals surface area (Å²) in [4.78, 5) is 0. The number of unbranched alkanes of at least 4 members (excludes halogenated alkanes) is 8. The molecule has 0 heterocycles. The molecule has 0 atom stereocenters. The van der Waals surface area contributed by atoms with Gasteiger partial charge in [-0.3, -0.25) is 0 Å². The molecule has 0 fully saturated rings. The Morgan fingerprint density at radius 3 is 1.80 bits per heavy atom. The molecule has 0 spiro atoms. The molecule has 0 aliphatic carbocycles. The molecule has 0 aromatic rings. The average Bonchev–Trinajstić information content (AvgIpc) is 2.26. The quantitative estimate of drug-likeness (QED) is 0.400. The van der Waals surface area contributed by atoms with Crippen molar-refractivity contribution in [2.45, 2.75) is 71.1 Å². The lowest BCUT2D eigenvalue weighted by Gasteiger charge is -2.01. The van der Waals surface area contributed by atoms with E-state index in [0.717, 1.165) is 6.42 Å². The summed E-state index contributed by atoms with van der Waals surface area (Å²) in [7, 11) is 0. The first-order valence-corrected chi connectivity index (χ1v) is 7.94. The summed E-state index contributed by atoms with van der Waals surface area (Å²) in [6, 6.07) is 0. The van der Waals surface area contributed by atoms with Gasteiger partial charge in [0.05, 0.1) is 0 Å². The van der Waals surface area contributed by atoms with Gasteiger partial charge in [-0.25, -0.2) is 0 Å². The zero-order chi connectivity index (χ0) is 11.2. The highest BCUT2D eigenvalue weighted by Gasteiger charge is 1.92. The highest BCUT2D eigenvalue weighted by atomic mass is 32.2. The number of hydrogen-bond donors (Lipinski definition) is 0. The number of hydrogen-bond acceptors (Lipinski definition) is 1. The first-order valence-electron chi connectivity index (χ1n) is 6.78. The fourth-order valence-electron chi connectivity index (χ4n) is 1.72. The second-order valence-corrected chi connectivity index (χ2v) is 5.52. The van der Waals surface area contributed by atoms with Crippen LogP contribution in [0.15, 0.2) is 0 Å². The molecular formula is C14H29S. The van der Waals surface area contributed by atoms with Gasteiger partial charge in [-0.15, -0.1) is 0 Å². The molecule has 1 radical (unpaired) electrons. The molecule has 0 aliphatic heterocycles. The van der Waals surface area contributed by atoms with Gasteiger partial charge in [0.25, 0.3) is 0 Å². The van der Waals surface area contributed by atoms with E-state index in [1.807, 2.05) is 0 Å². The summed E-state index contributed by atoms with van der Waals surface area (Å²) in [5.74, 6) is 2.60. The second-order valence-electron chi connectivity index (χ2n) is 4.29. The first-order chi connectivity index (χ1) is 7.41. The smallest absolute Gasteiger partial charge is 0.00675 e. The van der Waals surface area contributed by atoms with Crippen molar-refractivity contribution in [2.75, 3.05) is 11.5 Å². The maximum Gasteiger partial charge on any atom is -0.00675 e. The summed E-state index contributed by atoms with van der Waals surface area (Å²) >= 11 is 2.07. The van der Waals surface area contributed by atoms with Crippen LogP contribution >= 0.6 is 11.8 Å². The zero-order valence-corrected chi connectivity index (χ0v) is 11.4. The molecule has 1 heteroatoms. The van der Waals surface area contributed by atoms with E-state index in [9.17, 15) is 0 Å². The molecule has 0 saturated heterocycles. The maximum atomic E-state index is 3.85. The van der Waals surface area contributed by atoms with E-state index in [4.69, 9.17) is 0 Å². The molecule has 0 aromatic carbocycles. The Bertz CT molecular complexity index is 89.5. The van der Waals surface area contributed by atoms with E-state index < -0.39 is 0 Å². The third-order valence-electron chi connectivity index (χ3n) is 2.68. The molecule has 0 nitrogen and oxygen atoms in total. The Morgan fingerprint density at radius 2 is 1.27 bits per heavy atom. The molecule has 0 bridgehead atoms. The summed E-state index contributed by atoms with van der Waals surface area (Å²) in [6.45, 7) is 6.13. The van der Waals surface area contributed by atoms with E-state index in [1.165, 1.54) is 69.3 Å². The Balaban J connectivity index is 2.81. The van der Waals surface area contributed by atoms with E-state index in [2.05, 4.69) is 25.6 Å². The van der Waals surface area contributed by atoms with Crippen molar-refractivity contribution in [3.8, 4) is 0 Å². The van der Waals surface area contributed by atoms with E-state index in [1.54, 1.807) is 0 Å². The Kier molecular flexibility index (Phi) is 14.7. The van der Waals surface area contributed by atoms with Crippen LogP contribution in [-0.2, 0) is 0 Å². The maximum absolute atomic E-state index is 3.85. The minimum atomic E-state index is 1.09. The molecule has 0 aliphatic rings. The fourth-order valence-corrected chi connectivity index (χ4v) is 2.54. The lowest BCUT2D eigenvalue weighted by molar-refractivity contribution is 0.573. The van der Waals surface area contributed by atoms with Gasteiger partial charge >= 0.3 is 0 Å². The van der Waals surface area contributed by atoms with Gasteiger partial charge < -0.3 is 0 Å². The predicted octanol–water partition coefficient (Wildman–Crippen LogP) is 5.47. The molecule has 0 N–H and O–H groups in total. The Morgan fingerprint density at radius 1 is 0.733 bits per heavy atom. The standard InChI is InChI=1S/C14H29S/c1-3-5-6-7-8-9-10-11-12-14-15-13-4-2/h2-14H2,1H3. The zero-order valence-electron chi connectivity index (χ0n) is 10.6. The van der Waals surface area contributed by atoms with Crippen molar-refractivity contribution in [2.24, 2.45) is 0 Å². The lowest BCUT2D eigenvalue weighted by Crippen LogP contribution is -1.84. The number of thioether (sulfide) groups is 1. The van der Waals surface area contributed by atoms with Gasteiger partial charge in [-0.1, -0.05) is 65.2 Å². The van der Waals surface area contributed by atoms with Crippen molar-refractivity contribution in [3.63, 3.8) is 0 Å². The van der Waals surface area contributed by atoms with Gasteiger partial charge in [0.15, 0.2) is 0 Å². The molecule has 0 unspecified atom stereocenters. The fraction of sp³-hybridized carbons (Fsp3) is 0.929. The van der Waals surface area contributed by atoms with Crippen LogP contribution in [0.3, 0.4) is 0 Å². The van der Waals surface area contributed by atoms with Crippen molar-refractivity contribution >= 4 is 11.8 Å². The van der Waals surface area contributed by atoms with Crippen LogP contribution in [0.4, 0.5) is 0 Å². The Labute approximate surface area is 102 Å². The number of rotatable bonds is 12. The highest BCUT2D eigenvalue weighted by Crippen LogP contribution is 2.11. The van der Waals surface area contributed by atoms with Gasteiger partial charge in [0.2, 0.25) is 0 Å². The molecule has 0 amide bonds. The minimum Gasteiger partial charge on any atom is -0.162 e. The highest BCUT2D eigenvalue weighted by molar-refractivity contribution is 7.99. The van der Waals surface area contributed by atoms with E-state index in [-0.39, 0.29) is 0 Å². The van der Waals surface area contributed by atoms with Crippen molar-refractivity contribution in [3.05, 3.63) is 6.92 Å². The van der Waals surface area contributed by atoms with Crippen LogP contribution in [0.2, 0.25) is 0 Å². The summed E-state index contributed by atoms with van der Waals surface area (Å²) in [6.07, 6.45) is 14.0. The monoisotopic (exact) mass is 229 g/mol. The van der Waals surface area contributed by atoms with Gasteiger partial charge in [-0.05, 0) is 24.3 Å². The molecule has 0 saturated carbocycles. The summed E-state index contributed by atoms with van der Waals surface area (Å²) in [5.41, 5.74) is 0. The predicted molar refractivity (Wildman–Crippen MR) is 74.5 cm³/mol. The summed E-state index contributed by atoms with van der Waals surface area (Å²) in [5, 5.41) is 0. The van der Waals surface area contributed by atoms with Crippen LogP contribution < -0.4 is 0 Å². The van der Waals surface area contributed by atoms with Crippen LogP contribution in [-0.4, -0.2) is 11.5 Å². The van der Waals surface area contributed by atoms with Crippen molar-refractivity contribution in [1.82, 2.24) is 0 Å². The molecule has 15 heavy (non-hydrogen) atoms.